The van der Waals surface area contributed by atoms with Crippen molar-refractivity contribution in [2.24, 2.45) is 23.3 Å². The van der Waals surface area contributed by atoms with Crippen molar-refractivity contribution in [3.05, 3.63) is 0 Å². The van der Waals surface area contributed by atoms with E-state index >= 15 is 0 Å². The second-order valence-electron chi connectivity index (χ2n) is 8.07. The molecule has 0 radical (unpaired) electrons. The predicted octanol–water partition coefficient (Wildman–Crippen LogP) is -1.32. The summed E-state index contributed by atoms with van der Waals surface area (Å²) in [6.07, 6.45) is 1.89. The van der Waals surface area contributed by atoms with Crippen LogP contribution < -0.4 is 27.4 Å². The van der Waals surface area contributed by atoms with E-state index in [4.69, 9.17) is 11.5 Å². The van der Waals surface area contributed by atoms with Crippen LogP contribution in [-0.4, -0.2) is 71.2 Å². The van der Waals surface area contributed by atoms with Crippen LogP contribution in [0.4, 0.5) is 0 Å². The Labute approximate surface area is 183 Å². The first-order chi connectivity index (χ1) is 14.5. The van der Waals surface area contributed by atoms with Crippen LogP contribution in [0.5, 0.6) is 0 Å². The molecule has 0 aliphatic rings. The number of nitrogens with one attached hydrogen (secondary N) is 3. The van der Waals surface area contributed by atoms with Gasteiger partial charge in [0.2, 0.25) is 17.7 Å². The third-order valence-electron chi connectivity index (χ3n) is 5.19. The third-order valence-corrected chi connectivity index (χ3v) is 5.19. The van der Waals surface area contributed by atoms with E-state index < -0.39 is 54.5 Å². The van der Waals surface area contributed by atoms with Crippen molar-refractivity contribution in [2.75, 3.05) is 13.2 Å². The lowest BCUT2D eigenvalue weighted by atomic mass is 9.97. The fourth-order valence-corrected chi connectivity index (χ4v) is 2.73. The highest BCUT2D eigenvalue weighted by Gasteiger charge is 2.32. The molecule has 0 aromatic carbocycles. The minimum atomic E-state index is -1.29. The molecule has 11 nitrogen and oxygen atoms in total. The monoisotopic (exact) mass is 445 g/mol. The normalized spacial score (nSPS) is 16.0. The van der Waals surface area contributed by atoms with Crippen LogP contribution in [0.3, 0.4) is 0 Å². The Morgan fingerprint density at radius 1 is 0.903 bits per heavy atom. The highest BCUT2D eigenvalue weighted by molar-refractivity contribution is 5.94. The van der Waals surface area contributed by atoms with Crippen molar-refractivity contribution >= 4 is 23.7 Å². The zero-order valence-corrected chi connectivity index (χ0v) is 18.9. The molecule has 5 unspecified atom stereocenters. The van der Waals surface area contributed by atoms with Crippen LogP contribution in [0.25, 0.3) is 0 Å². The van der Waals surface area contributed by atoms with Gasteiger partial charge in [0.25, 0.3) is 0 Å². The first-order valence-electron chi connectivity index (χ1n) is 10.7. The summed E-state index contributed by atoms with van der Waals surface area (Å²) >= 11 is 0. The molecule has 0 aromatic rings. The number of carboxylic acid groups (broad SMARTS) is 1. The van der Waals surface area contributed by atoms with Gasteiger partial charge in [-0.3, -0.25) is 14.4 Å². The predicted molar refractivity (Wildman–Crippen MR) is 116 cm³/mol. The van der Waals surface area contributed by atoms with Crippen LogP contribution in [0.2, 0.25) is 0 Å². The fourth-order valence-electron chi connectivity index (χ4n) is 2.73. The lowest BCUT2D eigenvalue weighted by molar-refractivity contribution is -0.143. The first kappa shape index (κ1) is 28.8. The van der Waals surface area contributed by atoms with Crippen molar-refractivity contribution in [1.82, 2.24) is 16.0 Å². The molecule has 0 rings (SSSR count). The Morgan fingerprint density at radius 3 is 1.94 bits per heavy atom. The largest absolute Gasteiger partial charge is 0.480 e. The molecule has 0 fully saturated rings. The van der Waals surface area contributed by atoms with Gasteiger partial charge in [-0.15, -0.1) is 0 Å². The van der Waals surface area contributed by atoms with Gasteiger partial charge in [0.15, 0.2) is 0 Å². The molecule has 0 aliphatic carbocycles. The molecule has 11 heteroatoms. The number of aliphatic hydroxyl groups is 1. The molecule has 31 heavy (non-hydrogen) atoms. The number of carboxylic acids is 1. The Balaban J connectivity index is 5.28. The first-order valence-corrected chi connectivity index (χ1v) is 10.7. The van der Waals surface area contributed by atoms with Crippen molar-refractivity contribution in [3.63, 3.8) is 0 Å². The molecule has 0 bridgehead atoms. The Bertz CT molecular complexity index is 601. The lowest BCUT2D eigenvalue weighted by Crippen LogP contribution is -2.59. The maximum absolute atomic E-state index is 12.8. The summed E-state index contributed by atoms with van der Waals surface area (Å²) in [5.41, 5.74) is 11.2. The van der Waals surface area contributed by atoms with E-state index in [1.807, 2.05) is 6.92 Å². The van der Waals surface area contributed by atoms with E-state index in [-0.39, 0.29) is 18.3 Å². The van der Waals surface area contributed by atoms with Crippen LogP contribution >= 0.6 is 0 Å². The molecule has 0 aliphatic heterocycles. The van der Waals surface area contributed by atoms with Crippen LogP contribution in [-0.2, 0) is 19.2 Å². The highest BCUT2D eigenvalue weighted by Crippen LogP contribution is 2.10. The van der Waals surface area contributed by atoms with E-state index in [1.54, 1.807) is 20.8 Å². The second kappa shape index (κ2) is 14.7. The number of nitrogens with two attached hydrogens (primary N) is 2. The average molecular weight is 446 g/mol. The van der Waals surface area contributed by atoms with E-state index in [2.05, 4.69) is 16.0 Å². The molecule has 0 saturated carbocycles. The number of hydrogen-bond donors (Lipinski definition) is 7. The summed E-state index contributed by atoms with van der Waals surface area (Å²) in [5.74, 6) is -3.68. The summed E-state index contributed by atoms with van der Waals surface area (Å²) < 4.78 is 0. The van der Waals surface area contributed by atoms with Crippen molar-refractivity contribution in [3.8, 4) is 0 Å². The van der Waals surface area contributed by atoms with Gasteiger partial charge >= 0.3 is 5.97 Å². The molecule has 0 spiro atoms. The van der Waals surface area contributed by atoms with Gasteiger partial charge in [0.1, 0.15) is 18.1 Å². The van der Waals surface area contributed by atoms with E-state index in [0.717, 1.165) is 0 Å². The molecule has 180 valence electrons. The second-order valence-corrected chi connectivity index (χ2v) is 8.07. The zero-order valence-electron chi connectivity index (χ0n) is 18.9. The van der Waals surface area contributed by atoms with Gasteiger partial charge < -0.3 is 37.6 Å². The number of hydrogen-bond acceptors (Lipinski definition) is 7. The van der Waals surface area contributed by atoms with Gasteiger partial charge in [-0.25, -0.2) is 4.79 Å². The summed E-state index contributed by atoms with van der Waals surface area (Å²) in [7, 11) is 0. The van der Waals surface area contributed by atoms with Crippen LogP contribution in [0.15, 0.2) is 0 Å². The van der Waals surface area contributed by atoms with E-state index in [9.17, 15) is 29.4 Å². The van der Waals surface area contributed by atoms with E-state index in [0.29, 0.717) is 25.8 Å². The number of amides is 3. The van der Waals surface area contributed by atoms with Crippen molar-refractivity contribution in [1.29, 1.82) is 0 Å². The summed E-state index contributed by atoms with van der Waals surface area (Å²) in [6.45, 7) is 6.77. The number of unbranched alkanes of at least 4 members (excludes halogenated alkanes) is 1. The zero-order chi connectivity index (χ0) is 24.1. The highest BCUT2D eigenvalue weighted by atomic mass is 16.4. The lowest BCUT2D eigenvalue weighted by Gasteiger charge is -2.27. The fraction of sp³-hybridized carbons (Fsp3) is 0.800. The summed E-state index contributed by atoms with van der Waals surface area (Å²) in [5, 5.41) is 26.3. The van der Waals surface area contributed by atoms with Crippen molar-refractivity contribution in [2.45, 2.75) is 77.5 Å². The Morgan fingerprint density at radius 2 is 1.48 bits per heavy atom. The van der Waals surface area contributed by atoms with Gasteiger partial charge in [0, 0.05) is 0 Å². The van der Waals surface area contributed by atoms with Gasteiger partial charge in [0.05, 0.1) is 12.6 Å². The molecule has 0 aromatic heterocycles. The molecule has 5 atom stereocenters. The van der Waals surface area contributed by atoms with E-state index in [1.165, 1.54) is 0 Å². The van der Waals surface area contributed by atoms with Gasteiger partial charge in [-0.2, -0.15) is 0 Å². The summed E-state index contributed by atoms with van der Waals surface area (Å²) in [4.78, 5) is 49.0. The molecular formula is C20H39N5O6. The number of carbonyl (C=O) groups is 4. The number of aliphatic hydroxyl groups excluding tert-OH is 1. The van der Waals surface area contributed by atoms with Crippen molar-refractivity contribution < 1.29 is 29.4 Å². The Hall–Kier alpha value is -2.24. The smallest absolute Gasteiger partial charge is 0.326 e. The maximum atomic E-state index is 12.8. The molecule has 9 N–H and O–H groups in total. The maximum Gasteiger partial charge on any atom is 0.326 e. The minimum Gasteiger partial charge on any atom is -0.480 e. The molecule has 3 amide bonds. The molecule has 0 heterocycles. The minimum absolute atomic E-state index is 0.173. The quantitative estimate of drug-likeness (QED) is 0.150. The number of aliphatic carboxylic acids is 1. The van der Waals surface area contributed by atoms with Crippen LogP contribution in [0, 0.1) is 11.8 Å². The third kappa shape index (κ3) is 10.1. The number of carbonyl (C=O) groups excluding carboxylic acids is 3. The average Bonchev–Trinajstić information content (AvgIpc) is 2.73. The molecular weight excluding hydrogens is 406 g/mol. The number of rotatable bonds is 15. The molecule has 0 saturated heterocycles. The topological polar surface area (TPSA) is 197 Å². The SMILES string of the molecule is CCC(C)C(NC(=O)C(CO)NC(=O)C(N)C(C)C)C(=O)NC(CCCCN)C(=O)O. The standard InChI is InChI=1S/C20H39N5O6/c1-5-12(4)16(19(29)23-13(20(30)31)8-6-7-9-21)25-17(27)14(10-26)24-18(28)15(22)11(2)3/h11-16,26H,5-10,21-22H2,1-4H3,(H,23,29)(H,24,28)(H,25,27)(H,30,31). The van der Waals surface area contributed by atoms with Crippen LogP contribution in [0.1, 0.15) is 53.4 Å². The Kier molecular flexibility index (Phi) is 13.6. The summed E-state index contributed by atoms with van der Waals surface area (Å²) in [6, 6.07) is -4.31. The van der Waals surface area contributed by atoms with Gasteiger partial charge in [-0.1, -0.05) is 34.1 Å². The van der Waals surface area contributed by atoms with Gasteiger partial charge in [-0.05, 0) is 37.6 Å².